The molecule has 2 aromatic heterocycles. The molecule has 0 atom stereocenters. The highest BCUT2D eigenvalue weighted by atomic mass is 32.1. The fourth-order valence-corrected chi connectivity index (χ4v) is 9.64. The molecule has 0 nitrogen and oxygen atoms in total. The van der Waals surface area contributed by atoms with E-state index >= 15 is 0 Å². The van der Waals surface area contributed by atoms with Crippen LogP contribution in [0.4, 0.5) is 0 Å². The van der Waals surface area contributed by atoms with Gasteiger partial charge in [-0.2, -0.15) is 0 Å². The zero-order valence-electron chi connectivity index (χ0n) is 23.7. The maximum atomic E-state index is 2.44. The second-order valence-electron chi connectivity index (χ2n) is 11.6. The van der Waals surface area contributed by atoms with Crippen molar-refractivity contribution in [2.24, 2.45) is 0 Å². The largest absolute Gasteiger partial charge is 0.135 e. The molecule has 2 heterocycles. The Balaban J connectivity index is 1.24. The van der Waals surface area contributed by atoms with E-state index in [-0.39, 0.29) is 0 Å². The van der Waals surface area contributed by atoms with Crippen molar-refractivity contribution < 1.29 is 0 Å². The number of hydrogen-bond acceptors (Lipinski definition) is 2. The summed E-state index contributed by atoms with van der Waals surface area (Å²) in [5.41, 5.74) is 5.15. The second-order valence-corrected chi connectivity index (χ2v) is 13.8. The average molecular weight is 593 g/mol. The van der Waals surface area contributed by atoms with Gasteiger partial charge < -0.3 is 0 Å². The van der Waals surface area contributed by atoms with Crippen molar-refractivity contribution in [2.45, 2.75) is 0 Å². The lowest BCUT2D eigenvalue weighted by Crippen LogP contribution is -1.90. The molecule has 0 saturated heterocycles. The molecule has 10 rings (SSSR count). The third-order valence-corrected chi connectivity index (χ3v) is 11.5. The average Bonchev–Trinajstić information content (AvgIpc) is 3.63. The van der Waals surface area contributed by atoms with Gasteiger partial charge in [-0.3, -0.25) is 0 Å². The Morgan fingerprint density at radius 3 is 1.57 bits per heavy atom. The van der Waals surface area contributed by atoms with Gasteiger partial charge in [-0.05, 0) is 78.8 Å². The van der Waals surface area contributed by atoms with Crippen LogP contribution in [0.3, 0.4) is 0 Å². The van der Waals surface area contributed by atoms with Gasteiger partial charge in [0.1, 0.15) is 0 Å². The molecule has 0 unspecified atom stereocenters. The molecule has 44 heavy (non-hydrogen) atoms. The molecule has 10 aromatic rings. The first-order valence-corrected chi connectivity index (χ1v) is 16.6. The van der Waals surface area contributed by atoms with Crippen LogP contribution in [-0.2, 0) is 0 Å². The van der Waals surface area contributed by atoms with Crippen molar-refractivity contribution in [3.63, 3.8) is 0 Å². The Kier molecular flexibility index (Phi) is 5.13. The minimum atomic E-state index is 1.26. The Bertz CT molecular complexity index is 2700. The Hall–Kier alpha value is -5.02. The predicted octanol–water partition coefficient (Wildman–Crippen LogP) is 13.2. The molecule has 0 fully saturated rings. The lowest BCUT2D eigenvalue weighted by atomic mass is 9.86. The van der Waals surface area contributed by atoms with Crippen LogP contribution in [0.15, 0.2) is 146 Å². The molecule has 0 aliphatic rings. The van der Waals surface area contributed by atoms with Gasteiger partial charge in [-0.25, -0.2) is 0 Å². The zero-order chi connectivity index (χ0) is 28.8. The van der Waals surface area contributed by atoms with Crippen molar-refractivity contribution in [3.05, 3.63) is 146 Å². The number of rotatable bonds is 2. The van der Waals surface area contributed by atoms with Crippen molar-refractivity contribution >= 4 is 95.3 Å². The van der Waals surface area contributed by atoms with Crippen molar-refractivity contribution in [1.82, 2.24) is 0 Å². The van der Waals surface area contributed by atoms with E-state index in [0.29, 0.717) is 0 Å². The summed E-state index contributed by atoms with van der Waals surface area (Å²) >= 11 is 3.83. The Morgan fingerprint density at radius 1 is 0.295 bits per heavy atom. The fraction of sp³-hybridized carbons (Fsp3) is 0. The van der Waals surface area contributed by atoms with E-state index in [1.54, 1.807) is 0 Å². The van der Waals surface area contributed by atoms with Crippen molar-refractivity contribution in [1.29, 1.82) is 0 Å². The van der Waals surface area contributed by atoms with Crippen LogP contribution in [-0.4, -0.2) is 0 Å². The number of thiophene rings is 2. The Morgan fingerprint density at radius 2 is 0.841 bits per heavy atom. The van der Waals surface area contributed by atoms with Gasteiger partial charge in [-0.1, -0.05) is 121 Å². The first kappa shape index (κ1) is 24.4. The molecule has 0 saturated carbocycles. The van der Waals surface area contributed by atoms with E-state index < -0.39 is 0 Å². The monoisotopic (exact) mass is 592 g/mol. The summed E-state index contributed by atoms with van der Waals surface area (Å²) in [4.78, 5) is 0. The second kappa shape index (κ2) is 9.24. The SMILES string of the molecule is c1ccc(-c2c3ccccc3c(-c3ccc4c(c3)sc3cc5c(cc34)sc3ccc4ccccc4c35)c3ccccc23)cc1. The molecule has 8 aromatic carbocycles. The van der Waals surface area contributed by atoms with E-state index in [2.05, 4.69) is 146 Å². The van der Waals surface area contributed by atoms with Crippen LogP contribution in [0.25, 0.3) is 94.9 Å². The van der Waals surface area contributed by atoms with E-state index in [9.17, 15) is 0 Å². The molecule has 204 valence electrons. The molecule has 0 aliphatic heterocycles. The highest BCUT2D eigenvalue weighted by Gasteiger charge is 2.18. The molecule has 2 heteroatoms. The molecule has 0 N–H and O–H groups in total. The normalized spacial score (nSPS) is 12.1. The molecule has 0 aliphatic carbocycles. The van der Waals surface area contributed by atoms with E-state index in [4.69, 9.17) is 0 Å². The number of benzene rings is 8. The van der Waals surface area contributed by atoms with Crippen LogP contribution < -0.4 is 0 Å². The molecular formula is C42H24S2. The molecular weight excluding hydrogens is 569 g/mol. The molecule has 0 amide bonds. The summed E-state index contributed by atoms with van der Waals surface area (Å²) in [5.74, 6) is 0. The van der Waals surface area contributed by atoms with Crippen LogP contribution in [0.2, 0.25) is 0 Å². The highest BCUT2D eigenvalue weighted by molar-refractivity contribution is 7.27. The Labute approximate surface area is 262 Å². The maximum absolute atomic E-state index is 2.44. The molecule has 0 bridgehead atoms. The van der Waals surface area contributed by atoms with Gasteiger partial charge in [0, 0.05) is 40.3 Å². The zero-order valence-corrected chi connectivity index (χ0v) is 25.3. The van der Waals surface area contributed by atoms with Crippen molar-refractivity contribution in [2.75, 3.05) is 0 Å². The van der Waals surface area contributed by atoms with Gasteiger partial charge in [0.25, 0.3) is 0 Å². The standard InChI is InChI=1S/C42H24S2/c1-2-11-26(12-3-1)40-30-14-6-8-16-32(30)41(33-17-9-7-15-31(33)40)27-18-20-29-34-23-39-35(24-38(34)44-37(29)22-27)42-28-13-5-4-10-25(28)19-21-36(42)43-39/h1-24H. The first-order chi connectivity index (χ1) is 21.8. The molecule has 0 radical (unpaired) electrons. The lowest BCUT2D eigenvalue weighted by Gasteiger charge is -2.17. The summed E-state index contributed by atoms with van der Waals surface area (Å²) in [7, 11) is 0. The first-order valence-electron chi connectivity index (χ1n) is 15.0. The summed E-state index contributed by atoms with van der Waals surface area (Å²) in [6.45, 7) is 0. The smallest absolute Gasteiger partial charge is 0.0362 e. The third-order valence-electron chi connectivity index (χ3n) is 9.24. The van der Waals surface area contributed by atoms with Crippen LogP contribution >= 0.6 is 22.7 Å². The molecule has 0 spiro atoms. The number of fused-ring (bicyclic) bond motifs is 10. The van der Waals surface area contributed by atoms with Crippen LogP contribution in [0, 0.1) is 0 Å². The summed E-state index contributed by atoms with van der Waals surface area (Å²) in [6, 6.07) is 54.0. The van der Waals surface area contributed by atoms with Crippen molar-refractivity contribution in [3.8, 4) is 22.3 Å². The third kappa shape index (κ3) is 3.44. The fourth-order valence-electron chi connectivity index (χ4n) is 7.33. The van der Waals surface area contributed by atoms with E-state index in [1.807, 2.05) is 22.7 Å². The van der Waals surface area contributed by atoms with Gasteiger partial charge in [0.2, 0.25) is 0 Å². The minimum Gasteiger partial charge on any atom is -0.135 e. The lowest BCUT2D eigenvalue weighted by molar-refractivity contribution is 1.66. The van der Waals surface area contributed by atoms with Gasteiger partial charge >= 0.3 is 0 Å². The summed E-state index contributed by atoms with van der Waals surface area (Å²) in [5, 5.41) is 13.3. The summed E-state index contributed by atoms with van der Waals surface area (Å²) < 4.78 is 5.41. The minimum absolute atomic E-state index is 1.26. The van der Waals surface area contributed by atoms with Gasteiger partial charge in [0.15, 0.2) is 0 Å². The van der Waals surface area contributed by atoms with E-state index in [1.165, 1.54) is 94.9 Å². The van der Waals surface area contributed by atoms with Crippen LogP contribution in [0.1, 0.15) is 0 Å². The topological polar surface area (TPSA) is 0 Å². The maximum Gasteiger partial charge on any atom is 0.0362 e. The van der Waals surface area contributed by atoms with E-state index in [0.717, 1.165) is 0 Å². The van der Waals surface area contributed by atoms with Gasteiger partial charge in [-0.15, -0.1) is 22.7 Å². The predicted molar refractivity (Wildman–Crippen MR) is 196 cm³/mol. The van der Waals surface area contributed by atoms with Crippen LogP contribution in [0.5, 0.6) is 0 Å². The number of hydrogen-bond donors (Lipinski definition) is 0. The van der Waals surface area contributed by atoms with Gasteiger partial charge in [0.05, 0.1) is 0 Å². The quantitative estimate of drug-likeness (QED) is 0.175. The highest BCUT2D eigenvalue weighted by Crippen LogP contribution is 2.47. The summed E-state index contributed by atoms with van der Waals surface area (Å²) in [6.07, 6.45) is 0.